The van der Waals surface area contributed by atoms with E-state index in [9.17, 15) is 20.7 Å². The molecule has 1 saturated heterocycles. The molecule has 3 fully saturated rings. The summed E-state index contributed by atoms with van der Waals surface area (Å²) in [5.74, 6) is 0.146. The summed E-state index contributed by atoms with van der Waals surface area (Å²) in [5.41, 5.74) is 1.59. The second-order valence-corrected chi connectivity index (χ2v) is 11.9. The van der Waals surface area contributed by atoms with Crippen molar-refractivity contribution in [3.05, 3.63) is 53.1 Å². The fraction of sp³-hybridized carbons (Fsp3) is 0.586. The number of aliphatic hydroxyl groups excluding tert-OH is 2. The molecule has 0 radical (unpaired) electrons. The Bertz CT molecular complexity index is 1220. The van der Waals surface area contributed by atoms with E-state index in [1.807, 2.05) is 49.3 Å². The molecule has 2 heterocycles. The van der Waals surface area contributed by atoms with Crippen molar-refractivity contribution in [2.24, 2.45) is 16.7 Å². The monoisotopic (exact) mass is 471 g/mol. The van der Waals surface area contributed by atoms with Crippen LogP contribution in [0.4, 0.5) is 0 Å². The number of fused-ring (bicyclic) bond motifs is 1. The third kappa shape index (κ3) is 2.72. The first-order valence-corrected chi connectivity index (χ1v) is 12.7. The van der Waals surface area contributed by atoms with E-state index in [2.05, 4.69) is 25.1 Å². The van der Waals surface area contributed by atoms with Gasteiger partial charge in [-0.3, -0.25) is 0 Å². The summed E-state index contributed by atoms with van der Waals surface area (Å²) < 4.78 is 7.21. The lowest BCUT2D eigenvalue weighted by Gasteiger charge is -2.61. The van der Waals surface area contributed by atoms with E-state index in [-0.39, 0.29) is 17.4 Å². The second-order valence-electron chi connectivity index (χ2n) is 11.9. The Balaban J connectivity index is 1.44. The van der Waals surface area contributed by atoms with Crippen molar-refractivity contribution in [3.8, 4) is 12.1 Å². The van der Waals surface area contributed by atoms with Gasteiger partial charge in [0.15, 0.2) is 0 Å². The van der Waals surface area contributed by atoms with Crippen LogP contribution >= 0.6 is 0 Å². The molecule has 8 atom stereocenters. The molecule has 35 heavy (non-hydrogen) atoms. The predicted octanol–water partition coefficient (Wildman–Crippen LogP) is 3.56. The molecular formula is C29H33N3O3. The number of aliphatic hydroxyl groups is 2. The SMILES string of the molecule is CN(C)[C@H]1C[C@@]23CC[C@]4(O2)C2CC=C(c5ccc(C#N)cc5)[C@@]2(C)CCC4(C#N)C=C3[C@@H](O)[C@@H]1O. The number of nitriles is 2. The lowest BCUT2D eigenvalue weighted by Crippen LogP contribution is -2.66. The first-order valence-electron chi connectivity index (χ1n) is 12.7. The van der Waals surface area contributed by atoms with E-state index < -0.39 is 28.8 Å². The Morgan fingerprint density at radius 2 is 1.80 bits per heavy atom. The first-order chi connectivity index (χ1) is 16.7. The van der Waals surface area contributed by atoms with Crippen LogP contribution in [0.3, 0.4) is 0 Å². The minimum atomic E-state index is -1.03. The molecule has 2 unspecified atom stereocenters. The Labute approximate surface area is 207 Å². The zero-order chi connectivity index (χ0) is 24.8. The van der Waals surface area contributed by atoms with Gasteiger partial charge >= 0.3 is 0 Å². The largest absolute Gasteiger partial charge is 0.388 e. The fourth-order valence-corrected chi connectivity index (χ4v) is 8.41. The van der Waals surface area contributed by atoms with Crippen molar-refractivity contribution >= 4 is 5.57 Å². The van der Waals surface area contributed by atoms with E-state index in [0.717, 1.165) is 36.8 Å². The van der Waals surface area contributed by atoms with Gasteiger partial charge in [0.25, 0.3) is 0 Å². The zero-order valence-electron chi connectivity index (χ0n) is 20.7. The highest BCUT2D eigenvalue weighted by Crippen LogP contribution is 2.72. The minimum absolute atomic E-state index is 0.140. The lowest BCUT2D eigenvalue weighted by molar-refractivity contribution is -0.223. The number of rotatable bonds is 2. The number of ether oxygens (including phenoxy) is 1. The number of hydrogen-bond donors (Lipinski definition) is 2. The molecule has 6 heteroatoms. The second kappa shape index (κ2) is 7.28. The van der Waals surface area contributed by atoms with E-state index in [1.54, 1.807) is 0 Å². The van der Waals surface area contributed by atoms with Crippen LogP contribution < -0.4 is 0 Å². The maximum absolute atomic E-state index is 11.2. The summed E-state index contributed by atoms with van der Waals surface area (Å²) in [4.78, 5) is 1.98. The van der Waals surface area contributed by atoms with Gasteiger partial charge in [-0.25, -0.2) is 0 Å². The smallest absolute Gasteiger partial charge is 0.105 e. The van der Waals surface area contributed by atoms with Gasteiger partial charge in [0.1, 0.15) is 11.5 Å². The molecule has 182 valence electrons. The van der Waals surface area contributed by atoms with Crippen molar-refractivity contribution < 1.29 is 14.9 Å². The summed E-state index contributed by atoms with van der Waals surface area (Å²) >= 11 is 0. The van der Waals surface area contributed by atoms with Gasteiger partial charge in [-0.1, -0.05) is 31.2 Å². The van der Waals surface area contributed by atoms with Gasteiger partial charge in [0.05, 0.1) is 35.0 Å². The van der Waals surface area contributed by atoms with Crippen LogP contribution in [0.25, 0.3) is 5.57 Å². The van der Waals surface area contributed by atoms with Gasteiger partial charge in [-0.05, 0) is 86.9 Å². The quantitative estimate of drug-likeness (QED) is 0.640. The molecule has 2 N–H and O–H groups in total. The molecule has 6 rings (SSSR count). The fourth-order valence-electron chi connectivity index (χ4n) is 8.41. The van der Waals surface area contributed by atoms with Crippen LogP contribution in [0.2, 0.25) is 0 Å². The highest BCUT2D eigenvalue weighted by Gasteiger charge is 2.74. The van der Waals surface area contributed by atoms with Crippen LogP contribution in [0, 0.1) is 39.4 Å². The average Bonchev–Trinajstić information content (AvgIpc) is 3.38. The third-order valence-electron chi connectivity index (χ3n) is 10.3. The third-order valence-corrected chi connectivity index (χ3v) is 10.3. The Hall–Kier alpha value is -2.48. The first kappa shape index (κ1) is 23.0. The van der Waals surface area contributed by atoms with E-state index in [1.165, 1.54) is 5.57 Å². The van der Waals surface area contributed by atoms with Crippen molar-refractivity contribution in [2.75, 3.05) is 14.1 Å². The molecule has 0 amide bonds. The van der Waals surface area contributed by atoms with E-state index in [0.29, 0.717) is 18.4 Å². The maximum Gasteiger partial charge on any atom is 0.105 e. The lowest BCUT2D eigenvalue weighted by atomic mass is 9.49. The topological polar surface area (TPSA) is 101 Å². The molecule has 5 aliphatic rings. The van der Waals surface area contributed by atoms with Crippen LogP contribution in [-0.2, 0) is 4.74 Å². The maximum atomic E-state index is 11.2. The Morgan fingerprint density at radius 3 is 2.46 bits per heavy atom. The molecule has 3 aliphatic carbocycles. The highest BCUT2D eigenvalue weighted by atomic mass is 16.5. The highest BCUT2D eigenvalue weighted by molar-refractivity contribution is 5.74. The van der Waals surface area contributed by atoms with E-state index in [4.69, 9.17) is 4.74 Å². The van der Waals surface area contributed by atoms with Crippen molar-refractivity contribution in [2.45, 2.75) is 74.9 Å². The summed E-state index contributed by atoms with van der Waals surface area (Å²) in [5, 5.41) is 42.0. The van der Waals surface area contributed by atoms with Crippen LogP contribution in [-0.4, -0.2) is 58.7 Å². The molecular weight excluding hydrogens is 438 g/mol. The average molecular weight is 472 g/mol. The minimum Gasteiger partial charge on any atom is -0.388 e. The molecule has 0 aromatic heterocycles. The number of allylic oxidation sites excluding steroid dienone is 2. The molecule has 2 spiro atoms. The van der Waals surface area contributed by atoms with Gasteiger partial charge in [0.2, 0.25) is 0 Å². The number of nitrogens with zero attached hydrogens (tertiary/aromatic N) is 3. The summed E-state index contributed by atoms with van der Waals surface area (Å²) in [6.45, 7) is 2.32. The summed E-state index contributed by atoms with van der Waals surface area (Å²) in [7, 11) is 3.86. The van der Waals surface area contributed by atoms with Crippen molar-refractivity contribution in [3.63, 3.8) is 0 Å². The molecule has 1 aromatic rings. The molecule has 2 aliphatic heterocycles. The van der Waals surface area contributed by atoms with E-state index >= 15 is 0 Å². The van der Waals surface area contributed by atoms with Crippen LogP contribution in [0.1, 0.15) is 56.6 Å². The number of likely N-dealkylation sites (N-methyl/N-ethyl adjacent to an activating group) is 1. The summed E-state index contributed by atoms with van der Waals surface area (Å²) in [6.07, 6.45) is 6.92. The number of benzene rings is 1. The molecule has 2 saturated carbocycles. The molecule has 6 nitrogen and oxygen atoms in total. The van der Waals surface area contributed by atoms with Crippen LogP contribution in [0.5, 0.6) is 0 Å². The zero-order valence-corrected chi connectivity index (χ0v) is 20.7. The van der Waals surface area contributed by atoms with Gasteiger partial charge < -0.3 is 19.8 Å². The van der Waals surface area contributed by atoms with Crippen LogP contribution in [0.15, 0.2) is 42.0 Å². The molecule has 2 bridgehead atoms. The van der Waals surface area contributed by atoms with Gasteiger partial charge in [-0.2, -0.15) is 10.5 Å². The van der Waals surface area contributed by atoms with Gasteiger partial charge in [-0.15, -0.1) is 0 Å². The van der Waals surface area contributed by atoms with Crippen molar-refractivity contribution in [1.82, 2.24) is 4.90 Å². The Morgan fingerprint density at radius 1 is 1.06 bits per heavy atom. The van der Waals surface area contributed by atoms with Crippen molar-refractivity contribution in [1.29, 1.82) is 10.5 Å². The molecule has 1 aromatic carbocycles. The number of hydrogen-bond acceptors (Lipinski definition) is 6. The standard InChI is InChI=1S/C29H33N3O3/c1-26-10-11-27(17-31)14-21-24(33)25(34)22(32(2)3)15-28(21)12-13-29(27,35-28)23(26)9-8-20(26)19-6-4-18(16-30)5-7-19/h4-8,14,22-25,33-34H,9-13,15H2,1-3H3/t22-,23?,24+,25+,26+,27?,28+,29-/m0/s1. The Kier molecular flexibility index (Phi) is 4.77. The summed E-state index contributed by atoms with van der Waals surface area (Å²) in [6, 6.07) is 12.5. The normalized spacial score (nSPS) is 45.5. The van der Waals surface area contributed by atoms with Gasteiger partial charge in [0, 0.05) is 12.0 Å². The predicted molar refractivity (Wildman–Crippen MR) is 131 cm³/mol.